The van der Waals surface area contributed by atoms with E-state index in [1.54, 1.807) is 11.8 Å². The summed E-state index contributed by atoms with van der Waals surface area (Å²) in [5.41, 5.74) is 4.09. The number of hydrogen-bond acceptors (Lipinski definition) is 7. The average Bonchev–Trinajstić information content (AvgIpc) is 3.36. The van der Waals surface area contributed by atoms with Gasteiger partial charge in [0.15, 0.2) is 0 Å². The number of benzene rings is 2. The molecule has 9 heteroatoms. The molecule has 0 saturated carbocycles. The molecule has 30 heavy (non-hydrogen) atoms. The molecule has 150 valence electrons. The molecule has 0 aliphatic heterocycles. The van der Waals surface area contributed by atoms with Crippen molar-refractivity contribution in [2.75, 3.05) is 7.11 Å². The van der Waals surface area contributed by atoms with Gasteiger partial charge in [-0.15, -0.1) is 5.10 Å². The Hall–Kier alpha value is -3.64. The van der Waals surface area contributed by atoms with Gasteiger partial charge in [-0.2, -0.15) is 10.4 Å². The van der Waals surface area contributed by atoms with Gasteiger partial charge in [0, 0.05) is 5.75 Å². The molecule has 2 heterocycles. The Morgan fingerprint density at radius 3 is 2.57 bits per heavy atom. The van der Waals surface area contributed by atoms with Gasteiger partial charge in [-0.3, -0.25) is 0 Å². The SMILES string of the molecule is COc1ccc(Cn2nnnc2SCc2c(C#N)c(C)nn2-c2ccccc2)cc1. The van der Waals surface area contributed by atoms with Gasteiger partial charge in [0.1, 0.15) is 11.8 Å². The summed E-state index contributed by atoms with van der Waals surface area (Å²) in [5.74, 6) is 1.32. The van der Waals surface area contributed by atoms with Gasteiger partial charge in [-0.1, -0.05) is 42.1 Å². The monoisotopic (exact) mass is 417 g/mol. The Kier molecular flexibility index (Phi) is 5.77. The van der Waals surface area contributed by atoms with Crippen molar-refractivity contribution in [3.63, 3.8) is 0 Å². The Morgan fingerprint density at radius 2 is 1.87 bits per heavy atom. The summed E-state index contributed by atoms with van der Waals surface area (Å²) in [4.78, 5) is 0. The maximum absolute atomic E-state index is 9.64. The van der Waals surface area contributed by atoms with E-state index in [0.29, 0.717) is 28.7 Å². The van der Waals surface area contributed by atoms with Crippen molar-refractivity contribution in [2.24, 2.45) is 0 Å². The predicted octanol–water partition coefficient (Wildman–Crippen LogP) is 3.39. The van der Waals surface area contributed by atoms with Crippen LogP contribution in [0.4, 0.5) is 0 Å². The highest BCUT2D eigenvalue weighted by atomic mass is 32.2. The molecule has 0 saturated heterocycles. The zero-order valence-corrected chi connectivity index (χ0v) is 17.4. The van der Waals surface area contributed by atoms with E-state index < -0.39 is 0 Å². The first-order chi connectivity index (χ1) is 14.7. The van der Waals surface area contributed by atoms with Crippen molar-refractivity contribution in [1.82, 2.24) is 30.0 Å². The van der Waals surface area contributed by atoms with Gasteiger partial charge in [-0.25, -0.2) is 9.36 Å². The van der Waals surface area contributed by atoms with E-state index in [1.807, 2.05) is 66.2 Å². The van der Waals surface area contributed by atoms with Crippen LogP contribution < -0.4 is 4.74 Å². The molecule has 0 N–H and O–H groups in total. The number of tetrazole rings is 1. The second-order valence-electron chi connectivity index (χ2n) is 6.52. The standard InChI is InChI=1S/C21H19N7OS/c1-15-19(12-22)20(28(24-15)17-6-4-3-5-7-17)14-30-21-23-25-26-27(21)13-16-8-10-18(29-2)11-9-16/h3-11H,13-14H2,1-2H3. The smallest absolute Gasteiger partial charge is 0.210 e. The summed E-state index contributed by atoms with van der Waals surface area (Å²) in [6.45, 7) is 2.39. The van der Waals surface area contributed by atoms with Gasteiger partial charge in [-0.05, 0) is 47.2 Å². The van der Waals surface area contributed by atoms with Crippen LogP contribution in [0.2, 0.25) is 0 Å². The molecule has 0 aliphatic rings. The molecule has 0 unspecified atom stereocenters. The quantitative estimate of drug-likeness (QED) is 0.425. The van der Waals surface area contributed by atoms with Crippen LogP contribution in [0.15, 0.2) is 59.8 Å². The molecule has 0 spiro atoms. The lowest BCUT2D eigenvalue weighted by molar-refractivity contribution is 0.414. The fourth-order valence-electron chi connectivity index (χ4n) is 3.07. The molecule has 0 atom stereocenters. The molecule has 2 aromatic heterocycles. The van der Waals surface area contributed by atoms with E-state index in [9.17, 15) is 5.26 Å². The van der Waals surface area contributed by atoms with Crippen molar-refractivity contribution in [1.29, 1.82) is 5.26 Å². The second kappa shape index (κ2) is 8.80. The first-order valence-electron chi connectivity index (χ1n) is 9.25. The van der Waals surface area contributed by atoms with Crippen molar-refractivity contribution in [3.8, 4) is 17.5 Å². The fraction of sp³-hybridized carbons (Fsp3) is 0.190. The normalized spacial score (nSPS) is 10.7. The van der Waals surface area contributed by atoms with Crippen LogP contribution in [0.5, 0.6) is 5.75 Å². The maximum Gasteiger partial charge on any atom is 0.210 e. The van der Waals surface area contributed by atoms with Gasteiger partial charge in [0.05, 0.1) is 36.3 Å². The van der Waals surface area contributed by atoms with E-state index in [4.69, 9.17) is 4.74 Å². The number of aryl methyl sites for hydroxylation is 1. The first-order valence-corrected chi connectivity index (χ1v) is 10.2. The minimum atomic E-state index is 0.515. The number of methoxy groups -OCH3 is 1. The summed E-state index contributed by atoms with van der Waals surface area (Å²) in [6, 6.07) is 19.9. The third-order valence-corrected chi connectivity index (χ3v) is 5.57. The number of hydrogen-bond donors (Lipinski definition) is 0. The van der Waals surface area contributed by atoms with Crippen molar-refractivity contribution in [2.45, 2.75) is 24.4 Å². The van der Waals surface area contributed by atoms with Crippen LogP contribution in [0.1, 0.15) is 22.5 Å². The topological polar surface area (TPSA) is 94.4 Å². The number of para-hydroxylation sites is 1. The van der Waals surface area contributed by atoms with Crippen LogP contribution >= 0.6 is 11.8 Å². The van der Waals surface area contributed by atoms with Gasteiger partial charge < -0.3 is 4.74 Å². The lowest BCUT2D eigenvalue weighted by Gasteiger charge is -2.08. The van der Waals surface area contributed by atoms with Gasteiger partial charge in [0.2, 0.25) is 5.16 Å². The highest BCUT2D eigenvalue weighted by molar-refractivity contribution is 7.98. The lowest BCUT2D eigenvalue weighted by atomic mass is 10.2. The molecule has 4 aromatic rings. The van der Waals surface area contributed by atoms with Crippen molar-refractivity contribution >= 4 is 11.8 Å². The molecule has 0 fully saturated rings. The Bertz CT molecular complexity index is 1180. The predicted molar refractivity (Wildman–Crippen MR) is 112 cm³/mol. The largest absolute Gasteiger partial charge is 0.497 e. The number of nitrogens with zero attached hydrogens (tertiary/aromatic N) is 7. The Balaban J connectivity index is 1.56. The Morgan fingerprint density at radius 1 is 1.10 bits per heavy atom. The van der Waals surface area contributed by atoms with Crippen LogP contribution in [0.3, 0.4) is 0 Å². The zero-order chi connectivity index (χ0) is 20.9. The van der Waals surface area contributed by atoms with E-state index in [1.165, 1.54) is 11.8 Å². The number of ether oxygens (including phenoxy) is 1. The Labute approximate surface area is 178 Å². The summed E-state index contributed by atoms with van der Waals surface area (Å²) in [5, 5.41) is 27.0. The van der Waals surface area contributed by atoms with E-state index in [0.717, 1.165) is 22.7 Å². The van der Waals surface area contributed by atoms with Crippen molar-refractivity contribution in [3.05, 3.63) is 77.1 Å². The van der Waals surface area contributed by atoms with E-state index in [2.05, 4.69) is 26.7 Å². The minimum absolute atomic E-state index is 0.515. The number of aromatic nitrogens is 6. The van der Waals surface area contributed by atoms with E-state index >= 15 is 0 Å². The van der Waals surface area contributed by atoms with E-state index in [-0.39, 0.29) is 0 Å². The molecule has 0 aliphatic carbocycles. The summed E-state index contributed by atoms with van der Waals surface area (Å²) < 4.78 is 8.76. The third-order valence-electron chi connectivity index (χ3n) is 4.60. The van der Waals surface area contributed by atoms with Crippen LogP contribution in [-0.2, 0) is 12.3 Å². The molecule has 0 amide bonds. The molecule has 2 aromatic carbocycles. The van der Waals surface area contributed by atoms with Gasteiger partial charge in [0.25, 0.3) is 0 Å². The fourth-order valence-corrected chi connectivity index (χ4v) is 3.95. The number of nitriles is 1. The molecular formula is C21H19N7OS. The number of thioether (sulfide) groups is 1. The third kappa shape index (κ3) is 4.04. The molecule has 8 nitrogen and oxygen atoms in total. The number of rotatable bonds is 7. The molecule has 0 radical (unpaired) electrons. The van der Waals surface area contributed by atoms with Crippen molar-refractivity contribution < 1.29 is 4.74 Å². The van der Waals surface area contributed by atoms with Gasteiger partial charge >= 0.3 is 0 Å². The van der Waals surface area contributed by atoms with Crippen LogP contribution in [0, 0.1) is 18.3 Å². The van der Waals surface area contributed by atoms with Crippen LogP contribution in [0.25, 0.3) is 5.69 Å². The highest BCUT2D eigenvalue weighted by Gasteiger charge is 2.18. The van der Waals surface area contributed by atoms with Crippen LogP contribution in [-0.4, -0.2) is 37.1 Å². The zero-order valence-electron chi connectivity index (χ0n) is 16.6. The summed E-state index contributed by atoms with van der Waals surface area (Å²) in [6.07, 6.45) is 0. The summed E-state index contributed by atoms with van der Waals surface area (Å²) in [7, 11) is 1.64. The summed E-state index contributed by atoms with van der Waals surface area (Å²) >= 11 is 1.48. The molecular weight excluding hydrogens is 398 g/mol. The lowest BCUT2D eigenvalue weighted by Crippen LogP contribution is -2.05. The highest BCUT2D eigenvalue weighted by Crippen LogP contribution is 2.26. The second-order valence-corrected chi connectivity index (χ2v) is 7.46. The maximum atomic E-state index is 9.64. The first kappa shape index (κ1) is 19.7. The average molecular weight is 417 g/mol. The molecule has 4 rings (SSSR count). The molecule has 0 bridgehead atoms. The minimum Gasteiger partial charge on any atom is -0.497 e.